The van der Waals surface area contributed by atoms with Crippen LogP contribution in [0.15, 0.2) is 36.4 Å². The van der Waals surface area contributed by atoms with Gasteiger partial charge in [-0.05, 0) is 17.7 Å². The first-order valence-electron chi connectivity index (χ1n) is 6.04. The molecule has 0 saturated carbocycles. The highest BCUT2D eigenvalue weighted by Crippen LogP contribution is 2.38. The maximum Gasteiger partial charge on any atom is 0.128 e. The number of rotatable bonds is 2. The molecule has 1 heterocycles. The summed E-state index contributed by atoms with van der Waals surface area (Å²) in [7, 11) is 0. The van der Waals surface area contributed by atoms with Crippen molar-refractivity contribution in [3.05, 3.63) is 63.9 Å². The minimum absolute atomic E-state index is 0.211. The Morgan fingerprint density at radius 3 is 2.84 bits per heavy atom. The van der Waals surface area contributed by atoms with E-state index in [4.69, 9.17) is 16.3 Å². The molecule has 1 aliphatic rings. The lowest BCUT2D eigenvalue weighted by molar-refractivity contribution is 0.213. The fraction of sp³-hybridized carbons (Fsp3) is 0.200. The molecule has 19 heavy (non-hydrogen) atoms. The van der Waals surface area contributed by atoms with Crippen molar-refractivity contribution in [1.82, 2.24) is 0 Å². The minimum Gasteiger partial charge on any atom is -0.493 e. The monoisotopic (exact) mass is 278 g/mol. The van der Waals surface area contributed by atoms with E-state index >= 15 is 0 Å². The molecule has 0 aromatic heterocycles. The van der Waals surface area contributed by atoms with E-state index < -0.39 is 11.9 Å². The lowest BCUT2D eigenvalue weighted by Crippen LogP contribution is -2.03. The molecule has 0 spiro atoms. The van der Waals surface area contributed by atoms with Gasteiger partial charge in [0, 0.05) is 22.6 Å². The third kappa shape index (κ3) is 2.20. The van der Waals surface area contributed by atoms with Crippen molar-refractivity contribution in [1.29, 1.82) is 0 Å². The predicted octanol–water partition coefficient (Wildman–Crippen LogP) is 3.50. The summed E-state index contributed by atoms with van der Waals surface area (Å²) in [6.07, 6.45) is -0.0753. The van der Waals surface area contributed by atoms with Crippen LogP contribution >= 0.6 is 11.6 Å². The first-order chi connectivity index (χ1) is 9.16. The summed E-state index contributed by atoms with van der Waals surface area (Å²) >= 11 is 5.98. The fourth-order valence-corrected chi connectivity index (χ4v) is 2.62. The van der Waals surface area contributed by atoms with Gasteiger partial charge in [0.25, 0.3) is 0 Å². The van der Waals surface area contributed by atoms with Crippen LogP contribution in [0.1, 0.15) is 22.8 Å². The second-order valence-corrected chi connectivity index (χ2v) is 4.91. The largest absolute Gasteiger partial charge is 0.493 e. The minimum atomic E-state index is -0.916. The van der Waals surface area contributed by atoms with Crippen molar-refractivity contribution in [2.45, 2.75) is 12.5 Å². The lowest BCUT2D eigenvalue weighted by Gasteiger charge is -2.16. The van der Waals surface area contributed by atoms with E-state index in [9.17, 15) is 9.50 Å². The van der Waals surface area contributed by atoms with E-state index in [2.05, 4.69) is 0 Å². The molecule has 3 rings (SSSR count). The summed E-state index contributed by atoms with van der Waals surface area (Å²) in [6.45, 7) is 0.621. The number of fused-ring (bicyclic) bond motifs is 1. The van der Waals surface area contributed by atoms with Crippen LogP contribution in [0.4, 0.5) is 4.39 Å². The molecule has 0 aliphatic carbocycles. The van der Waals surface area contributed by atoms with Crippen LogP contribution in [0, 0.1) is 5.82 Å². The molecule has 4 heteroatoms. The average Bonchev–Trinajstić information content (AvgIpc) is 2.86. The number of ether oxygens (including phenoxy) is 1. The second kappa shape index (κ2) is 4.83. The molecular weight excluding hydrogens is 267 g/mol. The molecule has 1 atom stereocenters. The SMILES string of the molecule is OC(c1ccc(F)cc1Cl)c1cccc2c1OCC2. The van der Waals surface area contributed by atoms with Gasteiger partial charge in [-0.25, -0.2) is 4.39 Å². The third-order valence-corrected chi connectivity index (χ3v) is 3.62. The van der Waals surface area contributed by atoms with Gasteiger partial charge in [-0.2, -0.15) is 0 Å². The Labute approximate surface area is 115 Å². The predicted molar refractivity (Wildman–Crippen MR) is 71.1 cm³/mol. The third-order valence-electron chi connectivity index (χ3n) is 3.30. The highest BCUT2D eigenvalue weighted by atomic mass is 35.5. The molecule has 0 amide bonds. The number of para-hydroxylation sites is 1. The zero-order chi connectivity index (χ0) is 13.4. The number of halogens is 2. The van der Waals surface area contributed by atoms with E-state index in [1.807, 2.05) is 12.1 Å². The Balaban J connectivity index is 2.05. The van der Waals surface area contributed by atoms with Crippen LogP contribution in [0.2, 0.25) is 5.02 Å². The van der Waals surface area contributed by atoms with Crippen molar-refractivity contribution in [2.75, 3.05) is 6.61 Å². The van der Waals surface area contributed by atoms with Gasteiger partial charge < -0.3 is 9.84 Å². The standard InChI is InChI=1S/C15H12ClFO2/c16-13-8-10(17)4-5-11(13)14(18)12-3-1-2-9-6-7-19-15(9)12/h1-5,8,14,18H,6-7H2. The Bertz CT molecular complexity index is 628. The van der Waals surface area contributed by atoms with Crippen LogP contribution < -0.4 is 4.74 Å². The van der Waals surface area contributed by atoms with E-state index in [0.29, 0.717) is 17.7 Å². The molecule has 0 bridgehead atoms. The van der Waals surface area contributed by atoms with Crippen LogP contribution in [0.3, 0.4) is 0 Å². The summed E-state index contributed by atoms with van der Waals surface area (Å²) in [5.41, 5.74) is 2.23. The fourth-order valence-electron chi connectivity index (χ4n) is 2.35. The average molecular weight is 279 g/mol. The topological polar surface area (TPSA) is 29.5 Å². The molecule has 2 aromatic carbocycles. The summed E-state index contributed by atoms with van der Waals surface area (Å²) in [6, 6.07) is 9.64. The van der Waals surface area contributed by atoms with Crippen LogP contribution in [0.5, 0.6) is 5.75 Å². The van der Waals surface area contributed by atoms with Gasteiger partial charge in [0.15, 0.2) is 0 Å². The van der Waals surface area contributed by atoms with Gasteiger partial charge in [0.05, 0.1) is 6.61 Å². The Hall–Kier alpha value is -1.58. The summed E-state index contributed by atoms with van der Waals surface area (Å²) < 4.78 is 18.6. The van der Waals surface area contributed by atoms with E-state index in [1.54, 1.807) is 6.07 Å². The molecule has 2 aromatic rings. The van der Waals surface area contributed by atoms with Gasteiger partial charge >= 0.3 is 0 Å². The van der Waals surface area contributed by atoms with Crippen LogP contribution in [-0.2, 0) is 6.42 Å². The Morgan fingerprint density at radius 1 is 1.21 bits per heavy atom. The normalized spacial score (nSPS) is 14.9. The van der Waals surface area contributed by atoms with Crippen molar-refractivity contribution in [2.24, 2.45) is 0 Å². The van der Waals surface area contributed by atoms with Crippen molar-refractivity contribution in [3.63, 3.8) is 0 Å². The van der Waals surface area contributed by atoms with Gasteiger partial charge in [-0.1, -0.05) is 35.9 Å². The van der Waals surface area contributed by atoms with Crippen molar-refractivity contribution in [3.8, 4) is 5.75 Å². The summed E-state index contributed by atoms with van der Waals surface area (Å²) in [5.74, 6) is 0.297. The molecule has 0 saturated heterocycles. The van der Waals surface area contributed by atoms with Crippen LogP contribution in [-0.4, -0.2) is 11.7 Å². The smallest absolute Gasteiger partial charge is 0.128 e. The first-order valence-corrected chi connectivity index (χ1v) is 6.42. The quantitative estimate of drug-likeness (QED) is 0.911. The molecule has 0 fully saturated rings. The number of aliphatic hydroxyl groups excluding tert-OH is 1. The maximum absolute atomic E-state index is 13.0. The molecule has 1 unspecified atom stereocenters. The molecule has 98 valence electrons. The number of hydrogen-bond donors (Lipinski definition) is 1. The van der Waals surface area contributed by atoms with Gasteiger partial charge in [-0.15, -0.1) is 0 Å². The zero-order valence-electron chi connectivity index (χ0n) is 10.1. The molecule has 1 N–H and O–H groups in total. The zero-order valence-corrected chi connectivity index (χ0v) is 10.8. The maximum atomic E-state index is 13.0. The molecule has 0 radical (unpaired) electrons. The lowest BCUT2D eigenvalue weighted by atomic mass is 9.98. The van der Waals surface area contributed by atoms with Gasteiger partial charge in [-0.3, -0.25) is 0 Å². The van der Waals surface area contributed by atoms with Gasteiger partial charge in [0.2, 0.25) is 0 Å². The Kier molecular flexibility index (Phi) is 3.17. The van der Waals surface area contributed by atoms with E-state index in [1.165, 1.54) is 18.2 Å². The second-order valence-electron chi connectivity index (χ2n) is 4.50. The number of hydrogen-bond acceptors (Lipinski definition) is 2. The van der Waals surface area contributed by atoms with Gasteiger partial charge in [0.1, 0.15) is 17.7 Å². The molecular formula is C15H12ClFO2. The highest BCUT2D eigenvalue weighted by Gasteiger charge is 2.23. The van der Waals surface area contributed by atoms with Crippen LogP contribution in [0.25, 0.3) is 0 Å². The van der Waals surface area contributed by atoms with Crippen molar-refractivity contribution < 1.29 is 14.2 Å². The summed E-state index contributed by atoms with van der Waals surface area (Å²) in [5, 5.41) is 10.7. The first kappa shape index (κ1) is 12.5. The van der Waals surface area contributed by atoms with E-state index in [0.717, 1.165) is 17.7 Å². The summed E-state index contributed by atoms with van der Waals surface area (Å²) in [4.78, 5) is 0. The van der Waals surface area contributed by atoms with E-state index in [-0.39, 0.29) is 5.02 Å². The number of benzene rings is 2. The molecule has 1 aliphatic heterocycles. The highest BCUT2D eigenvalue weighted by molar-refractivity contribution is 6.31. The molecule has 2 nitrogen and oxygen atoms in total. The van der Waals surface area contributed by atoms with Crippen molar-refractivity contribution >= 4 is 11.6 Å². The number of aliphatic hydroxyl groups is 1. The Morgan fingerprint density at radius 2 is 2.05 bits per heavy atom.